The predicted octanol–water partition coefficient (Wildman–Crippen LogP) is 3.25. The molecular formula is C25H34N2O5S. The number of ether oxygens (including phenoxy) is 2. The van der Waals surface area contributed by atoms with Crippen LogP contribution in [-0.4, -0.2) is 57.2 Å². The first-order valence-corrected chi connectivity index (χ1v) is 13.1. The fourth-order valence-electron chi connectivity index (χ4n) is 3.94. The van der Waals surface area contributed by atoms with Crippen molar-refractivity contribution in [3.8, 4) is 11.5 Å². The Morgan fingerprint density at radius 2 is 1.82 bits per heavy atom. The van der Waals surface area contributed by atoms with Crippen LogP contribution in [0.3, 0.4) is 0 Å². The molecule has 33 heavy (non-hydrogen) atoms. The van der Waals surface area contributed by atoms with Gasteiger partial charge in [0.25, 0.3) is 0 Å². The second-order valence-electron chi connectivity index (χ2n) is 8.50. The first-order chi connectivity index (χ1) is 15.9. The van der Waals surface area contributed by atoms with Crippen LogP contribution in [0.4, 0.5) is 0 Å². The molecule has 1 aliphatic rings. The van der Waals surface area contributed by atoms with Crippen molar-refractivity contribution in [1.82, 2.24) is 9.62 Å². The Labute approximate surface area is 197 Å². The fourth-order valence-corrected chi connectivity index (χ4v) is 5.52. The topological polar surface area (TPSA) is 84.9 Å². The van der Waals surface area contributed by atoms with Gasteiger partial charge in [0.15, 0.2) is 0 Å². The zero-order valence-electron chi connectivity index (χ0n) is 19.4. The Balaban J connectivity index is 1.44. The van der Waals surface area contributed by atoms with Gasteiger partial charge in [0.2, 0.25) is 15.9 Å². The summed E-state index contributed by atoms with van der Waals surface area (Å²) in [6.07, 6.45) is 2.67. The molecule has 3 rings (SSSR count). The van der Waals surface area contributed by atoms with Crippen molar-refractivity contribution in [2.45, 2.75) is 38.6 Å². The van der Waals surface area contributed by atoms with Gasteiger partial charge in [-0.15, -0.1) is 0 Å². The van der Waals surface area contributed by atoms with Crippen LogP contribution < -0.4 is 14.8 Å². The number of amides is 1. The predicted molar refractivity (Wildman–Crippen MR) is 129 cm³/mol. The highest BCUT2D eigenvalue weighted by atomic mass is 32.2. The summed E-state index contributed by atoms with van der Waals surface area (Å²) in [5, 5.41) is 2.97. The van der Waals surface area contributed by atoms with Gasteiger partial charge in [-0.2, -0.15) is 0 Å². The Morgan fingerprint density at radius 3 is 2.52 bits per heavy atom. The summed E-state index contributed by atoms with van der Waals surface area (Å²) in [4.78, 5) is 12.8. The lowest BCUT2D eigenvalue weighted by Gasteiger charge is -2.32. The molecule has 2 aromatic carbocycles. The zero-order chi connectivity index (χ0) is 23.7. The molecule has 0 unspecified atom stereocenters. The number of nitrogens with one attached hydrogen (secondary N) is 1. The van der Waals surface area contributed by atoms with E-state index in [4.69, 9.17) is 9.47 Å². The number of benzene rings is 2. The Bertz CT molecular complexity index is 980. The molecule has 1 amide bonds. The van der Waals surface area contributed by atoms with Crippen molar-refractivity contribution >= 4 is 15.9 Å². The van der Waals surface area contributed by atoms with Gasteiger partial charge in [-0.3, -0.25) is 4.79 Å². The number of methoxy groups -OCH3 is 1. The van der Waals surface area contributed by atoms with E-state index in [2.05, 4.69) is 5.32 Å². The van der Waals surface area contributed by atoms with E-state index in [1.807, 2.05) is 61.5 Å². The van der Waals surface area contributed by atoms with E-state index in [1.165, 1.54) is 4.31 Å². The average Bonchev–Trinajstić information content (AvgIpc) is 2.83. The lowest BCUT2D eigenvalue weighted by molar-refractivity contribution is -0.126. The van der Waals surface area contributed by atoms with Crippen LogP contribution in [0.5, 0.6) is 11.5 Å². The number of rotatable bonds is 11. The number of sulfonamides is 1. The van der Waals surface area contributed by atoms with Crippen molar-refractivity contribution in [3.63, 3.8) is 0 Å². The van der Waals surface area contributed by atoms with Gasteiger partial charge in [-0.25, -0.2) is 12.7 Å². The third-order valence-corrected chi connectivity index (χ3v) is 7.73. The number of hydrogen-bond acceptors (Lipinski definition) is 5. The van der Waals surface area contributed by atoms with Crippen molar-refractivity contribution in [3.05, 3.63) is 60.2 Å². The number of nitrogens with zero attached hydrogens (tertiary/aromatic N) is 1. The van der Waals surface area contributed by atoms with E-state index >= 15 is 0 Å². The molecule has 0 spiro atoms. The molecule has 1 heterocycles. The molecule has 0 radical (unpaired) electrons. The molecule has 1 aliphatic heterocycles. The van der Waals surface area contributed by atoms with Crippen molar-refractivity contribution in [1.29, 1.82) is 0 Å². The largest absolute Gasteiger partial charge is 0.497 e. The molecular weight excluding hydrogens is 440 g/mol. The third-order valence-electron chi connectivity index (χ3n) is 5.81. The first kappa shape index (κ1) is 25.1. The molecule has 0 bridgehead atoms. The summed E-state index contributed by atoms with van der Waals surface area (Å²) in [5.74, 6) is 1.08. The summed E-state index contributed by atoms with van der Waals surface area (Å²) in [7, 11) is -1.78. The minimum absolute atomic E-state index is 0.0995. The molecule has 2 aromatic rings. The molecule has 1 saturated heterocycles. The van der Waals surface area contributed by atoms with Crippen molar-refractivity contribution in [2.24, 2.45) is 5.92 Å². The minimum Gasteiger partial charge on any atom is -0.497 e. The van der Waals surface area contributed by atoms with Gasteiger partial charge in [0.1, 0.15) is 18.1 Å². The molecule has 0 aromatic heterocycles. The molecule has 0 aliphatic carbocycles. The van der Waals surface area contributed by atoms with Gasteiger partial charge in [-0.05, 0) is 62.4 Å². The van der Waals surface area contributed by atoms with Crippen LogP contribution in [-0.2, 0) is 21.2 Å². The number of carbonyl (C=O) groups excluding carboxylic acids is 1. The number of piperidine rings is 1. The van der Waals surface area contributed by atoms with E-state index < -0.39 is 10.0 Å². The van der Waals surface area contributed by atoms with Gasteiger partial charge >= 0.3 is 0 Å². The molecule has 7 nitrogen and oxygen atoms in total. The number of carbonyl (C=O) groups is 1. The molecule has 0 saturated carbocycles. The summed E-state index contributed by atoms with van der Waals surface area (Å²) in [6.45, 7) is 2.92. The smallest absolute Gasteiger partial charge is 0.224 e. The fraction of sp³-hybridized carbons (Fsp3) is 0.480. The third kappa shape index (κ3) is 7.75. The number of hydrogen-bond donors (Lipinski definition) is 1. The first-order valence-electron chi connectivity index (χ1n) is 11.5. The van der Waals surface area contributed by atoms with Crippen LogP contribution in [0.2, 0.25) is 0 Å². The Morgan fingerprint density at radius 1 is 1.12 bits per heavy atom. The summed E-state index contributed by atoms with van der Waals surface area (Å²) in [5.41, 5.74) is 1.13. The molecule has 180 valence electrons. The average molecular weight is 475 g/mol. The maximum atomic E-state index is 12.8. The highest BCUT2D eigenvalue weighted by Gasteiger charge is 2.32. The van der Waals surface area contributed by atoms with Gasteiger partial charge in [0.05, 0.1) is 24.8 Å². The minimum atomic E-state index is -3.38. The van der Waals surface area contributed by atoms with E-state index in [0.717, 1.165) is 17.7 Å². The standard InChI is InChI=1S/C25H34N2O5S/c1-20(19-32-24-14-12-23(31-2)13-15-24)26-25(28)22-11-6-16-27(18-22)33(29,30)17-7-10-21-8-4-3-5-9-21/h3-5,8-9,12-15,20,22H,6-7,10-11,16-19H2,1-2H3,(H,26,28)/t20-,22+/m0/s1. The van der Waals surface area contributed by atoms with Crippen molar-refractivity contribution < 1.29 is 22.7 Å². The lowest BCUT2D eigenvalue weighted by atomic mass is 9.98. The summed E-state index contributed by atoms with van der Waals surface area (Å²) in [6, 6.07) is 16.9. The summed E-state index contributed by atoms with van der Waals surface area (Å²) < 4.78 is 38.0. The second-order valence-corrected chi connectivity index (χ2v) is 10.6. The highest BCUT2D eigenvalue weighted by Crippen LogP contribution is 2.21. The van der Waals surface area contributed by atoms with Crippen LogP contribution in [0, 0.1) is 5.92 Å². The van der Waals surface area contributed by atoms with Crippen LogP contribution in [0.1, 0.15) is 31.7 Å². The Hall–Kier alpha value is -2.58. The van der Waals surface area contributed by atoms with Gasteiger partial charge in [0, 0.05) is 13.1 Å². The highest BCUT2D eigenvalue weighted by molar-refractivity contribution is 7.89. The van der Waals surface area contributed by atoms with Crippen LogP contribution >= 0.6 is 0 Å². The summed E-state index contributed by atoms with van der Waals surface area (Å²) >= 11 is 0. The van der Waals surface area contributed by atoms with Gasteiger partial charge < -0.3 is 14.8 Å². The Kier molecular flexibility index (Phi) is 9.14. The quantitative estimate of drug-likeness (QED) is 0.540. The maximum Gasteiger partial charge on any atom is 0.224 e. The second kappa shape index (κ2) is 12.0. The van der Waals surface area contributed by atoms with E-state index in [1.54, 1.807) is 7.11 Å². The normalized spacial score (nSPS) is 17.8. The molecule has 1 N–H and O–H groups in total. The zero-order valence-corrected chi connectivity index (χ0v) is 20.2. The van der Waals surface area contributed by atoms with Crippen LogP contribution in [0.25, 0.3) is 0 Å². The maximum absolute atomic E-state index is 12.8. The lowest BCUT2D eigenvalue weighted by Crippen LogP contribution is -2.48. The van der Waals surface area contributed by atoms with E-state index in [0.29, 0.717) is 38.2 Å². The van der Waals surface area contributed by atoms with Crippen LogP contribution in [0.15, 0.2) is 54.6 Å². The van der Waals surface area contributed by atoms with E-state index in [9.17, 15) is 13.2 Å². The number of aryl methyl sites for hydroxylation is 1. The van der Waals surface area contributed by atoms with Crippen molar-refractivity contribution in [2.75, 3.05) is 32.6 Å². The monoisotopic (exact) mass is 474 g/mol. The van der Waals surface area contributed by atoms with E-state index in [-0.39, 0.29) is 30.2 Å². The molecule has 1 fully saturated rings. The molecule has 2 atom stereocenters. The SMILES string of the molecule is COc1ccc(OC[C@H](C)NC(=O)[C@@H]2CCCN(S(=O)(=O)CCCc3ccccc3)C2)cc1. The molecule has 8 heteroatoms. The van der Waals surface area contributed by atoms with Gasteiger partial charge in [-0.1, -0.05) is 30.3 Å².